The monoisotopic (exact) mass is 529 g/mol. The van der Waals surface area contributed by atoms with E-state index in [0.29, 0.717) is 33.8 Å². The van der Waals surface area contributed by atoms with Gasteiger partial charge in [-0.3, -0.25) is 4.57 Å². The Labute approximate surface area is 216 Å². The van der Waals surface area contributed by atoms with Crippen molar-refractivity contribution in [2.75, 3.05) is 5.32 Å². The molecular weight excluding hydrogens is 505 g/mol. The van der Waals surface area contributed by atoms with Crippen LogP contribution in [-0.2, 0) is 19.6 Å². The summed E-state index contributed by atoms with van der Waals surface area (Å²) >= 11 is 5.87. The van der Waals surface area contributed by atoms with E-state index in [1.165, 1.54) is 18.5 Å². The molecule has 1 N–H and O–H groups in total. The highest BCUT2D eigenvalue weighted by atomic mass is 35.5. The number of benzene rings is 1. The van der Waals surface area contributed by atoms with Crippen LogP contribution >= 0.6 is 11.6 Å². The zero-order chi connectivity index (χ0) is 26.1. The van der Waals surface area contributed by atoms with Crippen LogP contribution in [0.2, 0.25) is 5.02 Å². The smallest absolute Gasteiger partial charge is 0.248 e. The molecule has 11 nitrogen and oxygen atoms in total. The zero-order valence-electron chi connectivity index (χ0n) is 20.8. The largest absolute Gasteiger partial charge is 0.422 e. The molecule has 2 aliphatic heterocycles. The Morgan fingerprint density at radius 3 is 2.59 bits per heavy atom. The summed E-state index contributed by atoms with van der Waals surface area (Å²) < 4.78 is 40.9. The number of halogens is 2. The van der Waals surface area contributed by atoms with Crippen molar-refractivity contribution >= 4 is 34.3 Å². The van der Waals surface area contributed by atoms with Crippen molar-refractivity contribution in [2.24, 2.45) is 0 Å². The van der Waals surface area contributed by atoms with Gasteiger partial charge in [0, 0.05) is 10.4 Å². The first kappa shape index (κ1) is 24.2. The number of anilines is 2. The normalized spacial score (nSPS) is 25.1. The molecule has 4 atom stereocenters. The minimum absolute atomic E-state index is 0.205. The van der Waals surface area contributed by atoms with Crippen molar-refractivity contribution in [3.8, 4) is 0 Å². The van der Waals surface area contributed by atoms with Crippen LogP contribution in [0.3, 0.4) is 0 Å². The summed E-state index contributed by atoms with van der Waals surface area (Å²) in [7, 11) is 0. The van der Waals surface area contributed by atoms with E-state index in [0.717, 1.165) is 0 Å². The maximum absolute atomic E-state index is 14.4. The predicted molar refractivity (Wildman–Crippen MR) is 130 cm³/mol. The summed E-state index contributed by atoms with van der Waals surface area (Å²) in [6.45, 7) is 9.64. The molecule has 2 aliphatic rings. The Bertz CT molecular complexity index is 1480. The number of hydrogen-bond donors (Lipinski definition) is 1. The molecule has 0 spiro atoms. The van der Waals surface area contributed by atoms with Gasteiger partial charge in [0.2, 0.25) is 11.8 Å². The van der Waals surface area contributed by atoms with Crippen LogP contribution in [-0.4, -0.2) is 47.7 Å². The summed E-state index contributed by atoms with van der Waals surface area (Å²) in [5.41, 5.74) is 0.771. The van der Waals surface area contributed by atoms with Gasteiger partial charge in [0.15, 0.2) is 35.1 Å². The lowest BCUT2D eigenvalue weighted by Crippen LogP contribution is -2.27. The van der Waals surface area contributed by atoms with Gasteiger partial charge in [-0.1, -0.05) is 32.4 Å². The van der Waals surface area contributed by atoms with Gasteiger partial charge in [-0.15, -0.1) is 10.2 Å². The van der Waals surface area contributed by atoms with Gasteiger partial charge in [-0.25, -0.2) is 19.3 Å². The molecule has 4 aromatic rings. The van der Waals surface area contributed by atoms with Gasteiger partial charge in [0.25, 0.3) is 0 Å². The molecular formula is C24H25ClFN7O4. The van der Waals surface area contributed by atoms with Crippen molar-refractivity contribution in [1.29, 1.82) is 0 Å². The van der Waals surface area contributed by atoms with E-state index in [1.54, 1.807) is 17.0 Å². The first-order valence-electron chi connectivity index (χ1n) is 11.7. The first-order chi connectivity index (χ1) is 17.5. The van der Waals surface area contributed by atoms with Gasteiger partial charge in [-0.05, 0) is 32.0 Å². The Morgan fingerprint density at radius 2 is 1.86 bits per heavy atom. The molecule has 0 bridgehead atoms. The van der Waals surface area contributed by atoms with Gasteiger partial charge < -0.3 is 23.9 Å². The van der Waals surface area contributed by atoms with Crippen LogP contribution in [0, 0.1) is 5.82 Å². The van der Waals surface area contributed by atoms with Crippen LogP contribution in [0.15, 0.2) is 35.3 Å². The number of fused-ring (bicyclic) bond motifs is 2. The quantitative estimate of drug-likeness (QED) is 0.393. The van der Waals surface area contributed by atoms with E-state index < -0.39 is 36.1 Å². The number of imidazole rings is 1. The lowest BCUT2D eigenvalue weighted by atomic mass is 9.97. The molecule has 37 heavy (non-hydrogen) atoms. The minimum Gasteiger partial charge on any atom is -0.422 e. The second-order valence-electron chi connectivity index (χ2n) is 10.5. The summed E-state index contributed by atoms with van der Waals surface area (Å²) in [4.78, 5) is 13.2. The standard InChI is InChI=1S/C24H25ClFN7O4/c1-23(2,3)22-32-31-20(35-22)16-15-17(37-24(4,5)36-15)21(34-16)33-10-29-14-18(27-9-28-19(14)33)30-13-7-6-11(25)8-12(13)26/h6-10,15-17,21H,1-5H3,(H,27,28,30)/t15-,16+,17-,21-/m1/s1. The van der Waals surface area contributed by atoms with Crippen molar-refractivity contribution in [3.63, 3.8) is 0 Å². The Hall–Kier alpha value is -3.19. The van der Waals surface area contributed by atoms with Crippen molar-refractivity contribution in [3.05, 3.63) is 53.5 Å². The Balaban J connectivity index is 1.36. The molecule has 2 fully saturated rings. The number of ether oxygens (including phenoxy) is 3. The van der Waals surface area contributed by atoms with Crippen LogP contribution in [0.25, 0.3) is 11.2 Å². The molecule has 2 saturated heterocycles. The lowest BCUT2D eigenvalue weighted by Gasteiger charge is -2.24. The second-order valence-corrected chi connectivity index (χ2v) is 10.9. The predicted octanol–water partition coefficient (Wildman–Crippen LogP) is 4.83. The molecule has 0 unspecified atom stereocenters. The molecule has 6 rings (SSSR count). The summed E-state index contributed by atoms with van der Waals surface area (Å²) in [5, 5.41) is 11.7. The fraction of sp³-hybridized carbons (Fsp3) is 0.458. The fourth-order valence-electron chi connectivity index (χ4n) is 4.50. The summed E-state index contributed by atoms with van der Waals surface area (Å²) in [6.07, 6.45) is 0.595. The highest BCUT2D eigenvalue weighted by Gasteiger charge is 2.58. The zero-order valence-corrected chi connectivity index (χ0v) is 21.5. The van der Waals surface area contributed by atoms with Crippen LogP contribution in [0.4, 0.5) is 15.9 Å². The first-order valence-corrected chi connectivity index (χ1v) is 12.1. The molecule has 3 aromatic heterocycles. The number of rotatable bonds is 4. The van der Waals surface area contributed by atoms with Crippen molar-refractivity contribution in [2.45, 2.75) is 70.4 Å². The molecule has 1 aromatic carbocycles. The Morgan fingerprint density at radius 1 is 1.08 bits per heavy atom. The van der Waals surface area contributed by atoms with E-state index >= 15 is 0 Å². The third-order valence-corrected chi connectivity index (χ3v) is 6.41. The highest BCUT2D eigenvalue weighted by Crippen LogP contribution is 2.49. The molecule has 5 heterocycles. The number of hydrogen-bond acceptors (Lipinski definition) is 10. The second kappa shape index (κ2) is 8.42. The van der Waals surface area contributed by atoms with Gasteiger partial charge in [0.05, 0.1) is 12.0 Å². The maximum Gasteiger partial charge on any atom is 0.248 e. The fourth-order valence-corrected chi connectivity index (χ4v) is 4.66. The molecule has 194 valence electrons. The third-order valence-electron chi connectivity index (χ3n) is 6.17. The summed E-state index contributed by atoms with van der Waals surface area (Å²) in [6, 6.07) is 4.33. The molecule has 0 amide bonds. The topological polar surface area (TPSA) is 122 Å². The minimum atomic E-state index is -0.854. The Kier molecular flexibility index (Phi) is 5.50. The van der Waals surface area contributed by atoms with E-state index in [2.05, 4.69) is 30.5 Å². The van der Waals surface area contributed by atoms with Crippen LogP contribution in [0.1, 0.15) is 58.7 Å². The molecule has 0 saturated carbocycles. The van der Waals surface area contributed by atoms with E-state index in [4.69, 9.17) is 30.2 Å². The molecule has 0 radical (unpaired) electrons. The highest BCUT2D eigenvalue weighted by molar-refractivity contribution is 6.30. The van der Waals surface area contributed by atoms with E-state index in [1.807, 2.05) is 34.6 Å². The van der Waals surface area contributed by atoms with Crippen molar-refractivity contribution < 1.29 is 23.0 Å². The number of aromatic nitrogens is 6. The van der Waals surface area contributed by atoms with Crippen LogP contribution < -0.4 is 5.32 Å². The summed E-state index contributed by atoms with van der Waals surface area (Å²) in [5.74, 6) is -0.242. The molecule has 0 aliphatic carbocycles. The maximum atomic E-state index is 14.4. The molecule has 13 heteroatoms. The average Bonchev–Trinajstić information content (AvgIpc) is 3.57. The van der Waals surface area contributed by atoms with Crippen LogP contribution in [0.5, 0.6) is 0 Å². The van der Waals surface area contributed by atoms with E-state index in [-0.39, 0.29) is 11.1 Å². The number of nitrogens with zero attached hydrogens (tertiary/aromatic N) is 6. The van der Waals surface area contributed by atoms with Gasteiger partial charge in [-0.2, -0.15) is 0 Å². The van der Waals surface area contributed by atoms with Gasteiger partial charge in [0.1, 0.15) is 24.4 Å². The van der Waals surface area contributed by atoms with E-state index in [9.17, 15) is 4.39 Å². The van der Waals surface area contributed by atoms with Gasteiger partial charge >= 0.3 is 0 Å². The average molecular weight is 530 g/mol. The lowest BCUT2D eigenvalue weighted by molar-refractivity contribution is -0.199. The van der Waals surface area contributed by atoms with Crippen molar-refractivity contribution in [1.82, 2.24) is 29.7 Å². The third kappa shape index (κ3) is 4.23. The SMILES string of the molecule is CC1(C)O[C@@H]2[C@H](O1)[C@@H](c1nnc(C(C)(C)C)o1)O[C@H]2n1cnc2c(Nc3ccc(Cl)cc3F)ncnc21. The number of nitrogens with one attached hydrogen (secondary N) is 1.